The fourth-order valence-corrected chi connectivity index (χ4v) is 2.89. The first-order chi connectivity index (χ1) is 15.5. The molecule has 15 heteroatoms. The predicted molar refractivity (Wildman–Crippen MR) is 112 cm³/mol. The molecule has 1 aromatic carbocycles. The van der Waals surface area contributed by atoms with E-state index in [4.69, 9.17) is 17.4 Å². The van der Waals surface area contributed by atoms with Crippen molar-refractivity contribution in [2.24, 2.45) is 16.0 Å². The van der Waals surface area contributed by atoms with Gasteiger partial charge < -0.3 is 11.2 Å². The van der Waals surface area contributed by atoms with Crippen LogP contribution in [0.15, 0.2) is 40.7 Å². The fourth-order valence-electron chi connectivity index (χ4n) is 2.63. The van der Waals surface area contributed by atoms with Crippen molar-refractivity contribution >= 4 is 36.1 Å². The van der Waals surface area contributed by atoms with Crippen molar-refractivity contribution in [3.05, 3.63) is 52.6 Å². The number of nitrogens with zero attached hydrogens (tertiary/aromatic N) is 3. The standard InChI is InChI=1S/C18H17ClF4N8O2/c1-8(27-17(33)31-30-16(32)18(21,22)23)14-12(20)6-9(7-26-14)10-4-3-5-11(19)13(10)15(28-24)29-25-2/h3-8H,2,24H2,1H3,(H,28,29)(H,30,32)(H2,27,31,33). The van der Waals surface area contributed by atoms with Crippen molar-refractivity contribution in [2.75, 3.05) is 0 Å². The van der Waals surface area contributed by atoms with Crippen molar-refractivity contribution in [2.45, 2.75) is 19.1 Å². The van der Waals surface area contributed by atoms with Gasteiger partial charge in [-0.15, -0.1) is 0 Å². The Morgan fingerprint density at radius 3 is 2.55 bits per heavy atom. The quantitative estimate of drug-likeness (QED) is 0.144. The van der Waals surface area contributed by atoms with E-state index in [9.17, 15) is 27.2 Å². The van der Waals surface area contributed by atoms with E-state index in [1.54, 1.807) is 18.2 Å². The van der Waals surface area contributed by atoms with Crippen molar-refractivity contribution in [1.29, 1.82) is 0 Å². The minimum atomic E-state index is -5.19. The molecule has 0 aliphatic carbocycles. The molecule has 0 radical (unpaired) electrons. The summed E-state index contributed by atoms with van der Waals surface area (Å²) >= 11 is 6.24. The number of nitrogens with one attached hydrogen (secondary N) is 4. The van der Waals surface area contributed by atoms with Crippen LogP contribution in [0.25, 0.3) is 11.1 Å². The zero-order valence-electron chi connectivity index (χ0n) is 16.8. The lowest BCUT2D eigenvalue weighted by Crippen LogP contribution is -2.51. The minimum Gasteiger partial charge on any atom is -0.329 e. The number of hydrogen-bond acceptors (Lipinski definition) is 6. The number of rotatable bonds is 5. The molecular weight excluding hydrogens is 472 g/mol. The molecule has 0 saturated carbocycles. The van der Waals surface area contributed by atoms with Gasteiger partial charge in [-0.05, 0) is 24.6 Å². The van der Waals surface area contributed by atoms with Gasteiger partial charge in [0.25, 0.3) is 0 Å². The Hall–Kier alpha value is -3.94. The number of carbonyl (C=O) groups is 2. The molecule has 0 aliphatic heterocycles. The van der Waals surface area contributed by atoms with E-state index in [0.717, 1.165) is 6.07 Å². The van der Waals surface area contributed by atoms with Crippen LogP contribution in [0.5, 0.6) is 0 Å². The van der Waals surface area contributed by atoms with Gasteiger partial charge in [0, 0.05) is 24.0 Å². The van der Waals surface area contributed by atoms with Crippen LogP contribution in [-0.4, -0.2) is 35.7 Å². The maximum atomic E-state index is 14.8. The molecule has 0 aliphatic rings. The summed E-state index contributed by atoms with van der Waals surface area (Å²) in [6.45, 7) is 4.61. The maximum absolute atomic E-state index is 14.8. The molecule has 1 atom stereocenters. The Morgan fingerprint density at radius 1 is 1.27 bits per heavy atom. The lowest BCUT2D eigenvalue weighted by molar-refractivity contribution is -0.174. The highest BCUT2D eigenvalue weighted by atomic mass is 35.5. The maximum Gasteiger partial charge on any atom is 0.472 e. The number of urea groups is 1. The second-order valence-corrected chi connectivity index (χ2v) is 6.68. The highest BCUT2D eigenvalue weighted by molar-refractivity contribution is 6.35. The molecular formula is C18H17ClF4N8O2. The average Bonchev–Trinajstić information content (AvgIpc) is 2.75. The normalized spacial score (nSPS) is 12.5. The number of halogens is 5. The summed E-state index contributed by atoms with van der Waals surface area (Å²) in [5.41, 5.74) is 5.91. The molecule has 0 fully saturated rings. The fraction of sp³-hybridized carbons (Fsp3) is 0.167. The molecule has 176 valence electrons. The average molecular weight is 489 g/mol. The zero-order valence-corrected chi connectivity index (χ0v) is 17.6. The van der Waals surface area contributed by atoms with E-state index in [2.05, 4.69) is 32.6 Å². The molecule has 0 saturated heterocycles. The van der Waals surface area contributed by atoms with Gasteiger partial charge >= 0.3 is 18.1 Å². The third-order valence-electron chi connectivity index (χ3n) is 4.05. The summed E-state index contributed by atoms with van der Waals surface area (Å²) in [7, 11) is 0. The predicted octanol–water partition coefficient (Wildman–Crippen LogP) is 2.32. The molecule has 1 unspecified atom stereocenters. The van der Waals surface area contributed by atoms with E-state index in [1.807, 2.05) is 0 Å². The van der Waals surface area contributed by atoms with Gasteiger partial charge in [0.2, 0.25) is 0 Å². The summed E-state index contributed by atoms with van der Waals surface area (Å²) in [5.74, 6) is 2.21. The molecule has 33 heavy (non-hydrogen) atoms. The second-order valence-electron chi connectivity index (χ2n) is 6.27. The number of alkyl halides is 3. The summed E-state index contributed by atoms with van der Waals surface area (Å²) in [6.07, 6.45) is -3.90. The van der Waals surface area contributed by atoms with Crippen molar-refractivity contribution in [3.63, 3.8) is 0 Å². The van der Waals surface area contributed by atoms with Gasteiger partial charge in [-0.3, -0.25) is 20.6 Å². The molecule has 0 bridgehead atoms. The number of aromatic nitrogens is 1. The van der Waals surface area contributed by atoms with Gasteiger partial charge in [0.15, 0.2) is 5.84 Å². The van der Waals surface area contributed by atoms with Crippen LogP contribution in [0.4, 0.5) is 22.4 Å². The van der Waals surface area contributed by atoms with Gasteiger partial charge in [-0.25, -0.2) is 14.6 Å². The number of hydrazine groups is 1. The smallest absolute Gasteiger partial charge is 0.329 e. The van der Waals surface area contributed by atoms with Crippen LogP contribution in [0.3, 0.4) is 0 Å². The second kappa shape index (κ2) is 10.6. The summed E-state index contributed by atoms with van der Waals surface area (Å²) in [5, 5.41) is 9.42. The molecule has 6 N–H and O–H groups in total. The number of amides is 3. The third kappa shape index (κ3) is 6.29. The van der Waals surface area contributed by atoms with E-state index >= 15 is 0 Å². The van der Waals surface area contributed by atoms with E-state index in [-0.39, 0.29) is 22.1 Å². The van der Waals surface area contributed by atoms with E-state index in [0.29, 0.717) is 11.1 Å². The van der Waals surface area contributed by atoms with Gasteiger partial charge in [-0.2, -0.15) is 23.4 Å². The zero-order chi connectivity index (χ0) is 24.8. The number of amidine groups is 1. The van der Waals surface area contributed by atoms with Gasteiger partial charge in [0.1, 0.15) is 5.82 Å². The monoisotopic (exact) mass is 488 g/mol. The summed E-state index contributed by atoms with van der Waals surface area (Å²) in [6, 6.07) is 3.58. The number of benzene rings is 1. The van der Waals surface area contributed by atoms with Crippen LogP contribution in [0.2, 0.25) is 5.02 Å². The Morgan fingerprint density at radius 2 is 1.97 bits per heavy atom. The Labute approximate surface area is 189 Å². The topological polar surface area (TPSA) is 146 Å². The van der Waals surface area contributed by atoms with Crippen LogP contribution in [0.1, 0.15) is 24.2 Å². The Bertz CT molecular complexity index is 1090. The molecule has 3 amide bonds. The van der Waals surface area contributed by atoms with Crippen LogP contribution < -0.4 is 27.4 Å². The van der Waals surface area contributed by atoms with Crippen molar-refractivity contribution < 1.29 is 27.2 Å². The van der Waals surface area contributed by atoms with Gasteiger partial charge in [0.05, 0.1) is 16.8 Å². The van der Waals surface area contributed by atoms with Crippen LogP contribution in [-0.2, 0) is 4.79 Å². The van der Waals surface area contributed by atoms with Crippen molar-refractivity contribution in [1.82, 2.24) is 26.6 Å². The highest BCUT2D eigenvalue weighted by Gasteiger charge is 2.39. The number of hydrazone groups is 2. The number of pyridine rings is 1. The molecule has 2 aromatic rings. The number of nitrogens with two attached hydrogens (primary N) is 1. The Balaban J connectivity index is 2.24. The molecule has 1 heterocycles. The molecule has 10 nitrogen and oxygen atoms in total. The first-order valence-corrected chi connectivity index (χ1v) is 9.25. The number of hydrogen-bond donors (Lipinski definition) is 5. The molecule has 1 aromatic heterocycles. The Kier molecular flexibility index (Phi) is 8.12. The summed E-state index contributed by atoms with van der Waals surface area (Å²) < 4.78 is 51.2. The largest absolute Gasteiger partial charge is 0.472 e. The van der Waals surface area contributed by atoms with E-state index < -0.39 is 30.0 Å². The van der Waals surface area contributed by atoms with Gasteiger partial charge in [-0.1, -0.05) is 23.7 Å². The highest BCUT2D eigenvalue weighted by Crippen LogP contribution is 2.30. The lowest BCUT2D eigenvalue weighted by atomic mass is 9.99. The first-order valence-electron chi connectivity index (χ1n) is 8.87. The van der Waals surface area contributed by atoms with E-state index in [1.165, 1.54) is 24.0 Å². The minimum absolute atomic E-state index is 0.0581. The third-order valence-corrected chi connectivity index (χ3v) is 4.36. The SMILES string of the molecule is C=NN/C(=N/N)c1c(Cl)cccc1-c1cnc(C(C)NC(=O)NNC(=O)C(F)(F)F)c(F)c1. The lowest BCUT2D eigenvalue weighted by Gasteiger charge is -2.17. The molecule has 0 spiro atoms. The van der Waals surface area contributed by atoms with Crippen LogP contribution in [0, 0.1) is 5.82 Å². The van der Waals surface area contributed by atoms with Crippen molar-refractivity contribution in [3.8, 4) is 11.1 Å². The first kappa shape index (κ1) is 25.3. The summed E-state index contributed by atoms with van der Waals surface area (Å²) in [4.78, 5) is 26.4. The number of carbonyl (C=O) groups excluding carboxylic acids is 2. The molecule has 2 rings (SSSR count). The van der Waals surface area contributed by atoms with Crippen LogP contribution >= 0.6 is 11.6 Å².